The summed E-state index contributed by atoms with van der Waals surface area (Å²) in [5.41, 5.74) is 2.73. The Morgan fingerprint density at radius 1 is 0.833 bits per heavy atom. The fourth-order valence-electron chi connectivity index (χ4n) is 2.19. The first kappa shape index (κ1) is 16.0. The molecule has 3 nitrogen and oxygen atoms in total. The van der Waals surface area contributed by atoms with Crippen molar-refractivity contribution in [1.82, 2.24) is 0 Å². The molecule has 24 heavy (non-hydrogen) atoms. The van der Waals surface area contributed by atoms with Gasteiger partial charge in [-0.3, -0.25) is 0 Å². The highest BCUT2D eigenvalue weighted by Gasteiger charge is 2.07. The highest BCUT2D eigenvalue weighted by molar-refractivity contribution is 6.37. The van der Waals surface area contributed by atoms with Crippen LogP contribution in [0.1, 0.15) is 5.56 Å². The van der Waals surface area contributed by atoms with Crippen LogP contribution in [-0.4, -0.2) is 16.7 Å². The van der Waals surface area contributed by atoms with Crippen molar-refractivity contribution in [2.24, 2.45) is 4.99 Å². The molecule has 0 unspecified atom stereocenters. The Balaban J connectivity index is 2.04. The van der Waals surface area contributed by atoms with E-state index in [0.29, 0.717) is 16.4 Å². The molecule has 0 bridgehead atoms. The lowest BCUT2D eigenvalue weighted by molar-refractivity contribution is -0.353. The minimum absolute atomic E-state index is 0.553. The molecule has 3 aromatic carbocycles. The fraction of sp³-hybridized carbons (Fsp3) is 0. The molecule has 0 fully saturated rings. The number of rotatable bonds is 4. The van der Waals surface area contributed by atoms with Gasteiger partial charge in [-0.05, 0) is 24.3 Å². The average Bonchev–Trinajstić information content (AvgIpc) is 2.64. The predicted octanol–water partition coefficient (Wildman–Crippen LogP) is 5.37. The first-order valence-corrected chi connectivity index (χ1v) is 7.86. The molecule has 4 heteroatoms. The van der Waals surface area contributed by atoms with Crippen LogP contribution in [0.5, 0.6) is 0 Å². The minimum atomic E-state index is 0.553. The molecule has 0 aliphatic rings. The summed E-state index contributed by atoms with van der Waals surface area (Å²) in [6, 6.07) is 25.8. The second-order valence-electron chi connectivity index (χ2n) is 5.13. The monoisotopic (exact) mass is 334 g/mol. The molecule has 3 aromatic rings. The van der Waals surface area contributed by atoms with Gasteiger partial charge in [0, 0.05) is 22.7 Å². The third-order valence-electron chi connectivity index (χ3n) is 3.40. The van der Waals surface area contributed by atoms with E-state index in [4.69, 9.17) is 11.6 Å². The van der Waals surface area contributed by atoms with Gasteiger partial charge < -0.3 is 5.21 Å². The van der Waals surface area contributed by atoms with Gasteiger partial charge in [-0.25, -0.2) is 4.99 Å². The van der Waals surface area contributed by atoms with Crippen LogP contribution in [0.3, 0.4) is 0 Å². The lowest BCUT2D eigenvalue weighted by Crippen LogP contribution is -2.10. The average molecular weight is 335 g/mol. The molecule has 0 radical (unpaired) electrons. The van der Waals surface area contributed by atoms with Crippen molar-refractivity contribution in [3.05, 3.63) is 101 Å². The van der Waals surface area contributed by atoms with E-state index in [0.717, 1.165) is 16.0 Å². The zero-order chi connectivity index (χ0) is 16.8. The van der Waals surface area contributed by atoms with Crippen molar-refractivity contribution in [1.29, 1.82) is 0 Å². The molecule has 0 spiro atoms. The number of benzene rings is 3. The van der Waals surface area contributed by atoms with Gasteiger partial charge in [-0.1, -0.05) is 60.1 Å². The Morgan fingerprint density at radius 3 is 2.04 bits per heavy atom. The molecule has 0 aromatic heterocycles. The second-order valence-corrected chi connectivity index (χ2v) is 5.57. The highest BCUT2D eigenvalue weighted by atomic mass is 35.5. The van der Waals surface area contributed by atoms with E-state index < -0.39 is 0 Å². The Labute approximate surface area is 145 Å². The van der Waals surface area contributed by atoms with Crippen molar-refractivity contribution in [2.75, 3.05) is 0 Å². The largest absolute Gasteiger partial charge is 0.618 e. The van der Waals surface area contributed by atoms with E-state index in [1.807, 2.05) is 60.7 Å². The lowest BCUT2D eigenvalue weighted by Gasteiger charge is -2.05. The molecule has 118 valence electrons. The predicted molar refractivity (Wildman–Crippen MR) is 99.9 cm³/mol. The molecule has 3 rings (SSSR count). The van der Waals surface area contributed by atoms with Crippen molar-refractivity contribution < 1.29 is 4.74 Å². The van der Waals surface area contributed by atoms with Gasteiger partial charge in [0.05, 0.1) is 5.69 Å². The van der Waals surface area contributed by atoms with Crippen LogP contribution in [0.25, 0.3) is 0 Å². The summed E-state index contributed by atoms with van der Waals surface area (Å²) >= 11 is 5.92. The van der Waals surface area contributed by atoms with Crippen molar-refractivity contribution in [2.45, 2.75) is 0 Å². The van der Waals surface area contributed by atoms with Crippen molar-refractivity contribution in [3.8, 4) is 0 Å². The summed E-state index contributed by atoms with van der Waals surface area (Å²) in [6.45, 7) is 0. The topological polar surface area (TPSA) is 38.4 Å². The number of para-hydroxylation sites is 1. The van der Waals surface area contributed by atoms with Crippen LogP contribution in [0.2, 0.25) is 5.02 Å². The minimum Gasteiger partial charge on any atom is -0.618 e. The first-order valence-electron chi connectivity index (χ1n) is 7.48. The van der Waals surface area contributed by atoms with Crippen molar-refractivity contribution in [3.63, 3.8) is 0 Å². The smallest absolute Gasteiger partial charge is 0.216 e. The Kier molecular flexibility index (Phi) is 5.04. The van der Waals surface area contributed by atoms with Gasteiger partial charge in [0.15, 0.2) is 0 Å². The maximum atomic E-state index is 12.4. The Hall–Kier alpha value is -2.91. The maximum absolute atomic E-state index is 12.4. The van der Waals surface area contributed by atoms with E-state index in [-0.39, 0.29) is 0 Å². The zero-order valence-corrected chi connectivity index (χ0v) is 13.6. The van der Waals surface area contributed by atoms with Crippen LogP contribution >= 0.6 is 11.6 Å². The van der Waals surface area contributed by atoms with Crippen LogP contribution in [0.4, 0.5) is 11.4 Å². The zero-order valence-electron chi connectivity index (χ0n) is 12.8. The molecular formula is C20H15ClN2O. The van der Waals surface area contributed by atoms with Gasteiger partial charge in [0.1, 0.15) is 5.71 Å². The molecule has 0 amide bonds. The molecule has 0 N–H and O–H groups in total. The molecule has 0 aliphatic carbocycles. The fourth-order valence-corrected chi connectivity index (χ4v) is 2.32. The van der Waals surface area contributed by atoms with E-state index in [1.54, 1.807) is 24.3 Å². The molecule has 0 atom stereocenters. The van der Waals surface area contributed by atoms with Crippen LogP contribution in [-0.2, 0) is 0 Å². The van der Waals surface area contributed by atoms with Crippen LogP contribution < -0.4 is 0 Å². The third kappa shape index (κ3) is 4.09. The van der Waals surface area contributed by atoms with E-state index in [2.05, 4.69) is 4.99 Å². The first-order chi connectivity index (χ1) is 11.7. The van der Waals surface area contributed by atoms with E-state index >= 15 is 0 Å². The molecule has 0 heterocycles. The summed E-state index contributed by atoms with van der Waals surface area (Å²) in [6.07, 6.45) is 1.49. The number of nitrogens with zero attached hydrogens (tertiary/aromatic N) is 2. The van der Waals surface area contributed by atoms with E-state index in [1.165, 1.54) is 6.21 Å². The summed E-state index contributed by atoms with van der Waals surface area (Å²) in [4.78, 5) is 4.60. The van der Waals surface area contributed by atoms with Gasteiger partial charge in [-0.2, -0.15) is 4.74 Å². The van der Waals surface area contributed by atoms with E-state index in [9.17, 15) is 5.21 Å². The van der Waals surface area contributed by atoms with Gasteiger partial charge in [-0.15, -0.1) is 0 Å². The van der Waals surface area contributed by atoms with Gasteiger partial charge in [0.25, 0.3) is 0 Å². The molecular weight excluding hydrogens is 320 g/mol. The standard InChI is InChI=1S/C20H15ClN2O/c21-17-11-13-18(14-12-17)22-20(16-7-3-1-4-8-16)15-23(24)19-9-5-2-6-10-19/h1-15H/b22-20?,23-15-. The number of hydrogen-bond acceptors (Lipinski definition) is 2. The number of halogens is 1. The lowest BCUT2D eigenvalue weighted by atomic mass is 10.1. The van der Waals surface area contributed by atoms with Gasteiger partial charge in [0.2, 0.25) is 11.9 Å². The maximum Gasteiger partial charge on any atom is 0.216 e. The second kappa shape index (κ2) is 7.57. The third-order valence-corrected chi connectivity index (χ3v) is 3.65. The summed E-state index contributed by atoms with van der Waals surface area (Å²) in [5.74, 6) is 0. The van der Waals surface area contributed by atoms with Crippen LogP contribution in [0.15, 0.2) is 89.9 Å². The summed E-state index contributed by atoms with van der Waals surface area (Å²) in [7, 11) is 0. The molecule has 0 saturated carbocycles. The highest BCUT2D eigenvalue weighted by Crippen LogP contribution is 2.18. The quantitative estimate of drug-likeness (QED) is 0.273. The van der Waals surface area contributed by atoms with Crippen molar-refractivity contribution >= 4 is 34.9 Å². The van der Waals surface area contributed by atoms with Crippen LogP contribution in [0, 0.1) is 5.21 Å². The Morgan fingerprint density at radius 2 is 1.42 bits per heavy atom. The molecule has 0 saturated heterocycles. The SMILES string of the molecule is [O-]/[N+](=C\C(=Nc1ccc(Cl)cc1)c1ccccc1)c1ccccc1. The molecule has 0 aliphatic heterocycles. The number of aliphatic imine (C=N–C) groups is 1. The Bertz CT molecular complexity index is 857. The van der Waals surface area contributed by atoms with Gasteiger partial charge >= 0.3 is 0 Å². The normalized spacial score (nSPS) is 12.2. The summed E-state index contributed by atoms with van der Waals surface area (Å²) in [5, 5.41) is 13.1. The summed E-state index contributed by atoms with van der Waals surface area (Å²) < 4.78 is 0.821. The number of hydrogen-bond donors (Lipinski definition) is 0.